The van der Waals surface area contributed by atoms with E-state index < -0.39 is 21.3 Å². The Labute approximate surface area is 162 Å². The summed E-state index contributed by atoms with van der Waals surface area (Å²) in [5, 5.41) is 14.1. The number of amides is 2. The third-order valence-corrected chi connectivity index (χ3v) is 6.56. The third kappa shape index (κ3) is 3.87. The summed E-state index contributed by atoms with van der Waals surface area (Å²) in [7, 11) is 1.45. The van der Waals surface area contributed by atoms with E-state index in [1.807, 2.05) is 67.8 Å². The van der Waals surface area contributed by atoms with Gasteiger partial charge in [-0.25, -0.2) is 4.79 Å². The summed E-state index contributed by atoms with van der Waals surface area (Å²) in [6, 6.07) is 0. The molecule has 0 bridgehead atoms. The number of alkyl halides is 1. The first-order valence-electron chi connectivity index (χ1n) is 5.58. The molecule has 116 valence electrons. The average Bonchev–Trinajstić information content (AvgIpc) is 2.41. The van der Waals surface area contributed by atoms with Crippen molar-refractivity contribution in [2.75, 3.05) is 13.6 Å². The molecule has 5 N–H and O–H groups in total. The Morgan fingerprint density at radius 2 is 2.00 bits per heavy atom. The lowest BCUT2D eigenvalue weighted by molar-refractivity contribution is -0.133. The molecule has 0 radical (unpaired) electrons. The molecule has 2 unspecified atom stereocenters. The van der Waals surface area contributed by atoms with E-state index in [4.69, 9.17) is 5.73 Å². The summed E-state index contributed by atoms with van der Waals surface area (Å²) < 4.78 is 0.300. The molecule has 0 saturated heterocycles. The summed E-state index contributed by atoms with van der Waals surface area (Å²) in [5.41, 5.74) is 4.74. The van der Waals surface area contributed by atoms with Crippen LogP contribution in [0.4, 0.5) is 0 Å². The van der Waals surface area contributed by atoms with Crippen LogP contribution in [0.15, 0.2) is 18.8 Å². The van der Waals surface area contributed by atoms with Crippen LogP contribution in [0.2, 0.25) is 0 Å². The maximum atomic E-state index is 12.4. The number of hydrogen-bond donors (Lipinski definition) is 4. The van der Waals surface area contributed by atoms with Crippen molar-refractivity contribution in [2.24, 2.45) is 5.73 Å². The van der Waals surface area contributed by atoms with E-state index in [9.17, 15) is 19.5 Å². The molecule has 2 atom stereocenters. The molecular formula is C11H12I3N3O4. The largest absolute Gasteiger partial charge is 0.478 e. The molecule has 0 aromatic carbocycles. The Morgan fingerprint density at radius 1 is 1.43 bits per heavy atom. The molecule has 21 heavy (non-hydrogen) atoms. The minimum Gasteiger partial charge on any atom is -0.478 e. The number of carboxylic acids is 1. The number of carboxylic acid groups (broad SMARTS) is 1. The Hall–Kier alpha value is 0.0400. The molecule has 1 aliphatic rings. The van der Waals surface area contributed by atoms with E-state index in [0.717, 1.165) is 0 Å². The van der Waals surface area contributed by atoms with Gasteiger partial charge in [0.1, 0.15) is 5.54 Å². The third-order valence-electron chi connectivity index (χ3n) is 2.85. The molecule has 0 saturated carbocycles. The first-order chi connectivity index (χ1) is 9.66. The van der Waals surface area contributed by atoms with Crippen molar-refractivity contribution < 1.29 is 19.5 Å². The summed E-state index contributed by atoms with van der Waals surface area (Å²) in [5.74, 6) is -2.07. The monoisotopic (exact) mass is 631 g/mol. The normalized spacial score (nSPS) is 25.2. The molecule has 0 aliphatic heterocycles. The number of carbonyl (C=O) groups excluding carboxylic acids is 2. The van der Waals surface area contributed by atoms with E-state index in [-0.39, 0.29) is 18.0 Å². The van der Waals surface area contributed by atoms with Gasteiger partial charge in [0.15, 0.2) is 0 Å². The topological polar surface area (TPSA) is 122 Å². The quantitative estimate of drug-likeness (QED) is 0.266. The second kappa shape index (κ2) is 7.54. The molecule has 0 aromatic rings. The van der Waals surface area contributed by atoms with E-state index in [0.29, 0.717) is 7.16 Å². The van der Waals surface area contributed by atoms with Gasteiger partial charge in [0.25, 0.3) is 0 Å². The summed E-state index contributed by atoms with van der Waals surface area (Å²) in [6.07, 6.45) is 1.57. The second-order valence-electron chi connectivity index (χ2n) is 4.15. The van der Waals surface area contributed by atoms with E-state index in [1.54, 1.807) is 6.08 Å². The van der Waals surface area contributed by atoms with Crippen molar-refractivity contribution in [1.29, 1.82) is 0 Å². The fraction of sp³-hybridized carbons (Fsp3) is 0.364. The number of carbonyl (C=O) groups is 3. The molecule has 0 aromatic heterocycles. The number of allylic oxidation sites excluding steroid dienone is 2. The van der Waals surface area contributed by atoms with Gasteiger partial charge in [-0.1, -0.05) is 22.6 Å². The number of likely N-dealkylation sites (N-methyl/N-ethyl adjacent to an activating group) is 1. The molecule has 1 rings (SSSR count). The molecule has 2 amide bonds. The highest BCUT2D eigenvalue weighted by molar-refractivity contribution is 14.1. The van der Waals surface area contributed by atoms with Crippen molar-refractivity contribution in [2.45, 2.75) is 9.46 Å². The van der Waals surface area contributed by atoms with Gasteiger partial charge in [-0.3, -0.25) is 9.59 Å². The SMILES string of the molecule is CNC(=O)CNC(=O)C1(N)C(I)=CC(I)=C(C(=O)O)C1I. The molecule has 10 heteroatoms. The van der Waals surface area contributed by atoms with Gasteiger partial charge in [-0.05, 0) is 51.3 Å². The maximum Gasteiger partial charge on any atom is 0.333 e. The zero-order valence-corrected chi connectivity index (χ0v) is 17.2. The zero-order valence-electron chi connectivity index (χ0n) is 10.7. The lowest BCUT2D eigenvalue weighted by Gasteiger charge is -2.36. The van der Waals surface area contributed by atoms with E-state index >= 15 is 0 Å². The van der Waals surface area contributed by atoms with Gasteiger partial charge in [-0.2, -0.15) is 0 Å². The summed E-state index contributed by atoms with van der Waals surface area (Å²) >= 11 is 5.67. The van der Waals surface area contributed by atoms with Gasteiger partial charge in [-0.15, -0.1) is 0 Å². The lowest BCUT2D eigenvalue weighted by atomic mass is 9.86. The van der Waals surface area contributed by atoms with Gasteiger partial charge >= 0.3 is 5.97 Å². The number of nitrogens with one attached hydrogen (secondary N) is 2. The number of nitrogens with two attached hydrogens (primary N) is 1. The minimum atomic E-state index is -1.52. The zero-order chi connectivity index (χ0) is 16.4. The van der Waals surface area contributed by atoms with Crippen LogP contribution >= 0.6 is 67.8 Å². The van der Waals surface area contributed by atoms with Crippen LogP contribution in [0.1, 0.15) is 0 Å². The molecule has 0 fully saturated rings. The number of aliphatic carboxylic acids is 1. The summed E-state index contributed by atoms with van der Waals surface area (Å²) in [4.78, 5) is 34.9. The van der Waals surface area contributed by atoms with E-state index in [1.165, 1.54) is 7.05 Å². The fourth-order valence-electron chi connectivity index (χ4n) is 1.61. The predicted octanol–water partition coefficient (Wildman–Crippen LogP) is 0.456. The summed E-state index contributed by atoms with van der Waals surface area (Å²) in [6.45, 7) is -0.217. The standard InChI is InChI=1S/C11H12I3N3O4/c1-16-6(18)3-17-10(21)11(15)5(13)2-4(12)7(8(11)14)9(19)20/h2,8H,3,15H2,1H3,(H,16,18)(H,17,21)(H,19,20). The molecule has 7 nitrogen and oxygen atoms in total. The average molecular weight is 631 g/mol. The fourth-order valence-corrected chi connectivity index (χ4v) is 6.34. The highest BCUT2D eigenvalue weighted by Crippen LogP contribution is 2.41. The van der Waals surface area contributed by atoms with Crippen molar-refractivity contribution in [3.8, 4) is 0 Å². The van der Waals surface area contributed by atoms with Crippen molar-refractivity contribution >= 4 is 85.6 Å². The van der Waals surface area contributed by atoms with Crippen molar-refractivity contribution in [1.82, 2.24) is 10.6 Å². The number of hydrogen-bond acceptors (Lipinski definition) is 4. The van der Waals surface area contributed by atoms with Crippen LogP contribution in [0, 0.1) is 0 Å². The van der Waals surface area contributed by atoms with Crippen LogP contribution in [0.5, 0.6) is 0 Å². The maximum absolute atomic E-state index is 12.4. The van der Waals surface area contributed by atoms with Crippen molar-refractivity contribution in [3.05, 3.63) is 18.8 Å². The lowest BCUT2D eigenvalue weighted by Crippen LogP contribution is -2.62. The second-order valence-corrected chi connectivity index (χ2v) is 7.72. The number of rotatable bonds is 4. The molecule has 0 spiro atoms. The van der Waals surface area contributed by atoms with Crippen LogP contribution in [-0.2, 0) is 14.4 Å². The number of halogens is 3. The Morgan fingerprint density at radius 3 is 2.48 bits per heavy atom. The predicted molar refractivity (Wildman–Crippen MR) is 103 cm³/mol. The van der Waals surface area contributed by atoms with Gasteiger partial charge in [0, 0.05) is 14.2 Å². The molecule has 1 aliphatic carbocycles. The van der Waals surface area contributed by atoms with Gasteiger partial charge in [0.2, 0.25) is 11.8 Å². The Balaban J connectivity index is 3.11. The Bertz CT molecular complexity index is 561. The smallest absolute Gasteiger partial charge is 0.333 e. The minimum absolute atomic E-state index is 0.0780. The molecular weight excluding hydrogens is 619 g/mol. The van der Waals surface area contributed by atoms with Gasteiger partial charge in [0.05, 0.1) is 16.0 Å². The highest BCUT2D eigenvalue weighted by atomic mass is 127. The highest BCUT2D eigenvalue weighted by Gasteiger charge is 2.49. The van der Waals surface area contributed by atoms with Crippen molar-refractivity contribution in [3.63, 3.8) is 0 Å². The molecule has 0 heterocycles. The van der Waals surface area contributed by atoms with Crippen LogP contribution in [0.25, 0.3) is 0 Å². The first-order valence-corrected chi connectivity index (χ1v) is 8.99. The van der Waals surface area contributed by atoms with Gasteiger partial charge < -0.3 is 21.5 Å². The Kier molecular flexibility index (Phi) is 6.85. The van der Waals surface area contributed by atoms with Crippen LogP contribution in [-0.4, -0.2) is 45.9 Å². The first kappa shape index (κ1) is 19.1. The van der Waals surface area contributed by atoms with E-state index in [2.05, 4.69) is 10.6 Å². The van der Waals surface area contributed by atoms with Crippen LogP contribution < -0.4 is 16.4 Å². The van der Waals surface area contributed by atoms with Crippen LogP contribution in [0.3, 0.4) is 0 Å².